The number of fused-ring (bicyclic) bond motifs is 1. The van der Waals surface area contributed by atoms with Crippen LogP contribution in [0.4, 0.5) is 0 Å². The first-order valence-electron chi connectivity index (χ1n) is 8.72. The zero-order valence-corrected chi connectivity index (χ0v) is 15.5. The molecule has 27 heavy (non-hydrogen) atoms. The summed E-state index contributed by atoms with van der Waals surface area (Å²) in [4.78, 5) is 26.3. The van der Waals surface area contributed by atoms with E-state index < -0.39 is 0 Å². The van der Waals surface area contributed by atoms with E-state index in [0.29, 0.717) is 18.6 Å². The molecule has 0 aliphatic carbocycles. The number of pyridine rings is 1. The third kappa shape index (κ3) is 3.85. The molecule has 0 saturated heterocycles. The van der Waals surface area contributed by atoms with Gasteiger partial charge in [0.25, 0.3) is 5.56 Å². The van der Waals surface area contributed by atoms with Gasteiger partial charge in [-0.05, 0) is 29.1 Å². The van der Waals surface area contributed by atoms with Crippen LogP contribution in [-0.2, 0) is 24.4 Å². The summed E-state index contributed by atoms with van der Waals surface area (Å²) >= 11 is 1.59. The quantitative estimate of drug-likeness (QED) is 0.561. The Kier molecular flexibility index (Phi) is 4.89. The van der Waals surface area contributed by atoms with Crippen LogP contribution in [0.5, 0.6) is 0 Å². The highest BCUT2D eigenvalue weighted by atomic mass is 32.1. The molecular weight excluding hydrogens is 358 g/mol. The summed E-state index contributed by atoms with van der Waals surface area (Å²) in [7, 11) is 0. The maximum Gasteiger partial charge on any atom is 0.275 e. The lowest BCUT2D eigenvalue weighted by molar-refractivity contribution is -0.121. The van der Waals surface area contributed by atoms with Crippen molar-refractivity contribution in [3.8, 4) is 0 Å². The first kappa shape index (κ1) is 17.3. The zero-order valence-electron chi connectivity index (χ0n) is 14.7. The summed E-state index contributed by atoms with van der Waals surface area (Å²) < 4.78 is 3.40. The molecule has 4 rings (SSSR count). The van der Waals surface area contributed by atoms with Crippen molar-refractivity contribution < 1.29 is 4.79 Å². The van der Waals surface area contributed by atoms with Crippen molar-refractivity contribution in [2.75, 3.05) is 0 Å². The number of thiophene rings is 1. The van der Waals surface area contributed by atoms with E-state index in [1.165, 1.54) is 4.57 Å². The van der Waals surface area contributed by atoms with Crippen molar-refractivity contribution in [3.05, 3.63) is 93.2 Å². The number of benzene rings is 1. The Labute approximate surface area is 160 Å². The van der Waals surface area contributed by atoms with Gasteiger partial charge >= 0.3 is 0 Å². The highest BCUT2D eigenvalue weighted by Gasteiger charge is 2.11. The van der Waals surface area contributed by atoms with Crippen LogP contribution >= 0.6 is 11.3 Å². The summed E-state index contributed by atoms with van der Waals surface area (Å²) in [5.41, 5.74) is 1.59. The number of carbonyl (C=O) groups excluding carboxylic acids is 1. The molecule has 0 fully saturated rings. The number of amides is 1. The maximum absolute atomic E-state index is 12.9. The Balaban J connectivity index is 1.55. The second-order valence-corrected chi connectivity index (χ2v) is 7.37. The van der Waals surface area contributed by atoms with E-state index in [2.05, 4.69) is 5.32 Å². The molecule has 1 amide bonds. The van der Waals surface area contributed by atoms with Crippen molar-refractivity contribution in [1.29, 1.82) is 0 Å². The molecule has 0 bridgehead atoms. The van der Waals surface area contributed by atoms with Crippen molar-refractivity contribution in [2.45, 2.75) is 19.6 Å². The number of nitrogens with one attached hydrogen (secondary N) is 1. The molecule has 0 aliphatic heterocycles. The average Bonchev–Trinajstić information content (AvgIpc) is 3.34. The van der Waals surface area contributed by atoms with E-state index >= 15 is 0 Å². The first-order chi connectivity index (χ1) is 13.2. The molecular formula is C21H19N3O2S. The molecule has 5 nitrogen and oxygen atoms in total. The fraction of sp³-hybridized carbons (Fsp3) is 0.143. The van der Waals surface area contributed by atoms with Crippen molar-refractivity contribution in [1.82, 2.24) is 14.5 Å². The fourth-order valence-electron chi connectivity index (χ4n) is 3.09. The lowest BCUT2D eigenvalue weighted by atomic mass is 10.2. The van der Waals surface area contributed by atoms with Gasteiger partial charge < -0.3 is 14.5 Å². The Morgan fingerprint density at radius 3 is 2.48 bits per heavy atom. The van der Waals surface area contributed by atoms with Crippen LogP contribution in [0.1, 0.15) is 10.4 Å². The molecule has 0 atom stereocenters. The Morgan fingerprint density at radius 1 is 0.963 bits per heavy atom. The van der Waals surface area contributed by atoms with E-state index in [-0.39, 0.29) is 18.0 Å². The predicted molar refractivity (Wildman–Crippen MR) is 108 cm³/mol. The zero-order chi connectivity index (χ0) is 18.6. The van der Waals surface area contributed by atoms with Crippen molar-refractivity contribution in [3.63, 3.8) is 0 Å². The van der Waals surface area contributed by atoms with Gasteiger partial charge in [-0.2, -0.15) is 0 Å². The maximum atomic E-state index is 12.9. The fourth-order valence-corrected chi connectivity index (χ4v) is 3.73. The molecule has 0 spiro atoms. The van der Waals surface area contributed by atoms with Crippen LogP contribution < -0.4 is 10.9 Å². The van der Waals surface area contributed by atoms with Crippen LogP contribution in [-0.4, -0.2) is 15.0 Å². The van der Waals surface area contributed by atoms with Crippen LogP contribution in [0.25, 0.3) is 10.9 Å². The second-order valence-electron chi connectivity index (χ2n) is 6.34. The van der Waals surface area contributed by atoms with Crippen LogP contribution in [0.15, 0.2) is 77.2 Å². The summed E-state index contributed by atoms with van der Waals surface area (Å²) in [6.07, 6.45) is 3.60. The third-order valence-corrected chi connectivity index (χ3v) is 5.32. The average molecular weight is 377 g/mol. The molecule has 1 aromatic carbocycles. The van der Waals surface area contributed by atoms with Crippen molar-refractivity contribution in [2.24, 2.45) is 0 Å². The van der Waals surface area contributed by atoms with Gasteiger partial charge in [-0.1, -0.05) is 36.4 Å². The number of hydrogen-bond donors (Lipinski definition) is 1. The van der Waals surface area contributed by atoms with Crippen LogP contribution in [0.3, 0.4) is 0 Å². The smallest absolute Gasteiger partial charge is 0.275 e. The van der Waals surface area contributed by atoms with E-state index in [9.17, 15) is 9.59 Å². The second kappa shape index (κ2) is 7.63. The summed E-state index contributed by atoms with van der Waals surface area (Å²) in [5.74, 6) is -0.175. The highest BCUT2D eigenvalue weighted by molar-refractivity contribution is 7.09. The molecule has 4 aromatic rings. The monoisotopic (exact) mass is 377 g/mol. The Morgan fingerprint density at radius 2 is 1.74 bits per heavy atom. The number of nitrogens with zero attached hydrogens (tertiary/aromatic N) is 2. The van der Waals surface area contributed by atoms with E-state index in [1.54, 1.807) is 17.5 Å². The van der Waals surface area contributed by atoms with Gasteiger partial charge in [-0.3, -0.25) is 9.59 Å². The van der Waals surface area contributed by atoms with E-state index in [1.807, 2.05) is 70.7 Å². The molecule has 0 aliphatic rings. The van der Waals surface area contributed by atoms with Gasteiger partial charge in [0, 0.05) is 29.2 Å². The van der Waals surface area contributed by atoms with Gasteiger partial charge in [0.15, 0.2) is 0 Å². The minimum atomic E-state index is -0.175. The van der Waals surface area contributed by atoms with Crippen molar-refractivity contribution >= 4 is 28.1 Å². The number of rotatable bonds is 6. The molecule has 0 unspecified atom stereocenters. The highest BCUT2D eigenvalue weighted by Crippen LogP contribution is 2.14. The van der Waals surface area contributed by atoms with Gasteiger partial charge in [0.1, 0.15) is 12.1 Å². The third-order valence-electron chi connectivity index (χ3n) is 4.44. The minimum absolute atomic E-state index is 0.0106. The molecule has 0 radical (unpaired) electrons. The summed E-state index contributed by atoms with van der Waals surface area (Å²) in [6.45, 7) is 1.11. The van der Waals surface area contributed by atoms with E-state index in [4.69, 9.17) is 0 Å². The lowest BCUT2D eigenvalue weighted by Gasteiger charge is -2.09. The van der Waals surface area contributed by atoms with Crippen LogP contribution in [0.2, 0.25) is 0 Å². The van der Waals surface area contributed by atoms with Gasteiger partial charge in [0.2, 0.25) is 5.91 Å². The van der Waals surface area contributed by atoms with Gasteiger partial charge in [-0.25, -0.2) is 0 Å². The minimum Gasteiger partial charge on any atom is -0.350 e. The molecule has 0 saturated carbocycles. The topological polar surface area (TPSA) is 56.0 Å². The Bertz CT molecular complexity index is 1110. The SMILES string of the molecule is O=C(Cn1ccc2ccn(Cc3ccccc3)c2c1=O)NCc1cccs1. The van der Waals surface area contributed by atoms with Gasteiger partial charge in [0.05, 0.1) is 6.54 Å². The predicted octanol–water partition coefficient (Wildman–Crippen LogP) is 3.23. The Hall–Kier alpha value is -3.12. The number of hydrogen-bond acceptors (Lipinski definition) is 3. The summed E-state index contributed by atoms with van der Waals surface area (Å²) in [6, 6.07) is 17.7. The normalized spacial score (nSPS) is 11.0. The number of aromatic nitrogens is 2. The lowest BCUT2D eigenvalue weighted by Crippen LogP contribution is -2.32. The molecule has 3 heterocycles. The molecule has 3 aromatic heterocycles. The molecule has 136 valence electrons. The van der Waals surface area contributed by atoms with E-state index in [0.717, 1.165) is 15.8 Å². The van der Waals surface area contributed by atoms with Crippen LogP contribution in [0, 0.1) is 0 Å². The summed E-state index contributed by atoms with van der Waals surface area (Å²) in [5, 5.41) is 5.72. The number of carbonyl (C=O) groups is 1. The van der Waals surface area contributed by atoms with Gasteiger partial charge in [-0.15, -0.1) is 11.3 Å². The first-order valence-corrected chi connectivity index (χ1v) is 9.60. The largest absolute Gasteiger partial charge is 0.350 e. The molecule has 6 heteroatoms. The molecule has 1 N–H and O–H groups in total. The standard InChI is InChI=1S/C21H19N3O2S/c25-19(22-13-18-7-4-12-27-18)15-24-11-9-17-8-10-23(20(17)21(24)26)14-16-5-2-1-3-6-16/h1-12H,13-15H2,(H,22,25).